The van der Waals surface area contributed by atoms with Crippen molar-refractivity contribution >= 4 is 24.6 Å². The normalized spacial score (nSPS) is 11.2. The Bertz CT molecular complexity index is 575. The predicted octanol–water partition coefficient (Wildman–Crippen LogP) is 2.86. The van der Waals surface area contributed by atoms with Crippen LogP contribution in [0.1, 0.15) is 37.5 Å². The van der Waals surface area contributed by atoms with Gasteiger partial charge in [0, 0.05) is 4.90 Å². The van der Waals surface area contributed by atoms with Gasteiger partial charge >= 0.3 is 11.9 Å². The Kier molecular flexibility index (Phi) is 7.09. The average Bonchev–Trinajstić information content (AvgIpc) is 2.41. The molecule has 0 heterocycles. The third kappa shape index (κ3) is 7.05. The zero-order chi connectivity index (χ0) is 17.6. The summed E-state index contributed by atoms with van der Waals surface area (Å²) in [7, 11) is 1.35. The molecule has 0 spiro atoms. The summed E-state index contributed by atoms with van der Waals surface area (Å²) in [6, 6.07) is 3.69. The van der Waals surface area contributed by atoms with Crippen molar-refractivity contribution in [3.8, 4) is 0 Å². The van der Waals surface area contributed by atoms with Gasteiger partial charge in [-0.15, -0.1) is 12.6 Å². The second kappa shape index (κ2) is 8.36. The molecule has 1 aromatic rings. The Balaban J connectivity index is 2.69. The van der Waals surface area contributed by atoms with Crippen LogP contribution in [0.5, 0.6) is 0 Å². The summed E-state index contributed by atoms with van der Waals surface area (Å²) < 4.78 is 15.3. The number of carbonyl (C=O) groups excluding carboxylic acids is 2. The highest BCUT2D eigenvalue weighted by Crippen LogP contribution is 2.22. The molecule has 0 saturated carbocycles. The number of esters is 2. The number of benzene rings is 1. The first-order valence-corrected chi connectivity index (χ1v) is 7.75. The Morgan fingerprint density at radius 2 is 1.83 bits per heavy atom. The SMILES string of the molecule is COC(=O)Cc1cc(S)c(C)c(COCC(=O)OC(C)(C)C)c1. The van der Waals surface area contributed by atoms with Gasteiger partial charge in [0.1, 0.15) is 12.2 Å². The molecule has 0 bridgehead atoms. The van der Waals surface area contributed by atoms with Gasteiger partial charge in [-0.1, -0.05) is 6.07 Å². The van der Waals surface area contributed by atoms with Crippen LogP contribution in [0.4, 0.5) is 0 Å². The molecule has 0 unspecified atom stereocenters. The second-order valence-electron chi connectivity index (χ2n) is 6.23. The summed E-state index contributed by atoms with van der Waals surface area (Å²) >= 11 is 4.41. The van der Waals surface area contributed by atoms with Crippen molar-refractivity contribution < 1.29 is 23.8 Å². The van der Waals surface area contributed by atoms with Crippen molar-refractivity contribution in [2.45, 2.75) is 51.2 Å². The van der Waals surface area contributed by atoms with Crippen molar-refractivity contribution in [2.75, 3.05) is 13.7 Å². The molecule has 0 saturated heterocycles. The van der Waals surface area contributed by atoms with E-state index >= 15 is 0 Å². The smallest absolute Gasteiger partial charge is 0.332 e. The standard InChI is InChI=1S/C17H24O5S/c1-11-13(9-21-10-16(19)22-17(2,3)4)6-12(7-14(11)23)8-15(18)20-5/h6-7,23H,8-10H2,1-5H3. The van der Waals surface area contributed by atoms with Crippen molar-refractivity contribution in [3.05, 3.63) is 28.8 Å². The molecule has 0 radical (unpaired) electrons. The Hall–Kier alpha value is -1.53. The number of hydrogen-bond acceptors (Lipinski definition) is 6. The number of methoxy groups -OCH3 is 1. The molecule has 1 aromatic carbocycles. The van der Waals surface area contributed by atoms with Crippen LogP contribution >= 0.6 is 12.6 Å². The molecule has 0 aliphatic heterocycles. The maximum Gasteiger partial charge on any atom is 0.332 e. The topological polar surface area (TPSA) is 61.8 Å². The van der Waals surface area contributed by atoms with Crippen molar-refractivity contribution in [1.29, 1.82) is 0 Å². The van der Waals surface area contributed by atoms with E-state index in [1.165, 1.54) is 7.11 Å². The first-order chi connectivity index (χ1) is 10.6. The molecular formula is C17H24O5S. The molecule has 0 N–H and O–H groups in total. The number of carbonyl (C=O) groups is 2. The summed E-state index contributed by atoms with van der Waals surface area (Å²) in [4.78, 5) is 23.8. The lowest BCUT2D eigenvalue weighted by Crippen LogP contribution is -2.26. The fourth-order valence-electron chi connectivity index (χ4n) is 1.93. The van der Waals surface area contributed by atoms with Gasteiger partial charge in [-0.05, 0) is 50.5 Å². The zero-order valence-electron chi connectivity index (χ0n) is 14.3. The molecule has 0 amide bonds. The molecular weight excluding hydrogens is 316 g/mol. The number of thiol groups is 1. The number of ether oxygens (including phenoxy) is 3. The highest BCUT2D eigenvalue weighted by Gasteiger charge is 2.16. The molecule has 23 heavy (non-hydrogen) atoms. The van der Waals surface area contributed by atoms with Crippen LogP contribution in [-0.4, -0.2) is 31.3 Å². The van der Waals surface area contributed by atoms with Crippen LogP contribution in [0.15, 0.2) is 17.0 Å². The third-order valence-electron chi connectivity index (χ3n) is 3.02. The molecule has 5 nitrogen and oxygen atoms in total. The van der Waals surface area contributed by atoms with Crippen LogP contribution in [0.3, 0.4) is 0 Å². The minimum Gasteiger partial charge on any atom is -0.469 e. The van der Waals surface area contributed by atoms with Crippen LogP contribution in [0.25, 0.3) is 0 Å². The van der Waals surface area contributed by atoms with Crippen molar-refractivity contribution in [1.82, 2.24) is 0 Å². The first kappa shape index (κ1) is 19.5. The third-order valence-corrected chi connectivity index (χ3v) is 3.49. The fourth-order valence-corrected chi connectivity index (χ4v) is 2.24. The fraction of sp³-hybridized carbons (Fsp3) is 0.529. The van der Waals surface area contributed by atoms with Crippen LogP contribution in [-0.2, 0) is 36.8 Å². The summed E-state index contributed by atoms with van der Waals surface area (Å²) in [6.45, 7) is 7.44. The predicted molar refractivity (Wildman–Crippen MR) is 89.7 cm³/mol. The minimum absolute atomic E-state index is 0.125. The molecule has 0 aliphatic carbocycles. The van der Waals surface area contributed by atoms with Gasteiger partial charge in [-0.2, -0.15) is 0 Å². The number of hydrogen-bond donors (Lipinski definition) is 1. The summed E-state index contributed by atoms with van der Waals surface area (Å²) in [6.07, 6.45) is 0.170. The van der Waals surface area contributed by atoms with Crippen LogP contribution in [0, 0.1) is 6.92 Å². The van der Waals surface area contributed by atoms with E-state index in [-0.39, 0.29) is 25.6 Å². The van der Waals surface area contributed by atoms with E-state index in [1.54, 1.807) is 20.8 Å². The molecule has 1 rings (SSSR count). The van der Waals surface area contributed by atoms with Gasteiger partial charge in [-0.3, -0.25) is 4.79 Å². The lowest BCUT2D eigenvalue weighted by molar-refractivity contribution is -0.160. The van der Waals surface area contributed by atoms with Gasteiger partial charge < -0.3 is 14.2 Å². The van der Waals surface area contributed by atoms with Crippen LogP contribution < -0.4 is 0 Å². The van der Waals surface area contributed by atoms with Gasteiger partial charge in [0.15, 0.2) is 0 Å². The quantitative estimate of drug-likeness (QED) is 0.637. The Morgan fingerprint density at radius 3 is 2.39 bits per heavy atom. The average molecular weight is 340 g/mol. The van der Waals surface area contributed by atoms with Gasteiger partial charge in [0.2, 0.25) is 0 Å². The second-order valence-corrected chi connectivity index (χ2v) is 6.71. The molecule has 0 aromatic heterocycles. The van der Waals surface area contributed by atoms with E-state index in [0.717, 1.165) is 21.6 Å². The van der Waals surface area contributed by atoms with E-state index < -0.39 is 11.6 Å². The lowest BCUT2D eigenvalue weighted by Gasteiger charge is -2.19. The molecule has 0 aliphatic rings. The maximum absolute atomic E-state index is 11.6. The lowest BCUT2D eigenvalue weighted by atomic mass is 10.0. The van der Waals surface area contributed by atoms with Gasteiger partial charge in [0.25, 0.3) is 0 Å². The summed E-state index contributed by atoms with van der Waals surface area (Å²) in [5.74, 6) is -0.728. The molecule has 0 atom stereocenters. The largest absolute Gasteiger partial charge is 0.469 e. The van der Waals surface area contributed by atoms with E-state index in [1.807, 2.05) is 19.1 Å². The van der Waals surface area contributed by atoms with E-state index in [2.05, 4.69) is 17.4 Å². The van der Waals surface area contributed by atoms with Crippen molar-refractivity contribution in [3.63, 3.8) is 0 Å². The zero-order valence-corrected chi connectivity index (χ0v) is 15.2. The summed E-state index contributed by atoms with van der Waals surface area (Å²) in [5, 5.41) is 0. The monoisotopic (exact) mass is 340 g/mol. The Labute approximate surface area is 142 Å². The van der Waals surface area contributed by atoms with Crippen LogP contribution in [0.2, 0.25) is 0 Å². The van der Waals surface area contributed by atoms with Crippen molar-refractivity contribution in [2.24, 2.45) is 0 Å². The maximum atomic E-state index is 11.6. The molecule has 6 heteroatoms. The minimum atomic E-state index is -0.533. The molecule has 0 fully saturated rings. The number of rotatable bonds is 6. The molecule has 128 valence electrons. The Morgan fingerprint density at radius 1 is 1.17 bits per heavy atom. The van der Waals surface area contributed by atoms with E-state index in [9.17, 15) is 9.59 Å². The highest BCUT2D eigenvalue weighted by atomic mass is 32.1. The van der Waals surface area contributed by atoms with Gasteiger partial charge in [-0.25, -0.2) is 4.79 Å². The summed E-state index contributed by atoms with van der Waals surface area (Å²) in [5.41, 5.74) is 2.09. The van der Waals surface area contributed by atoms with E-state index in [4.69, 9.17) is 9.47 Å². The van der Waals surface area contributed by atoms with E-state index in [0.29, 0.717) is 0 Å². The highest BCUT2D eigenvalue weighted by molar-refractivity contribution is 7.80. The van der Waals surface area contributed by atoms with Gasteiger partial charge in [0.05, 0.1) is 20.1 Å². The first-order valence-electron chi connectivity index (χ1n) is 7.30.